The van der Waals surface area contributed by atoms with Crippen LogP contribution in [0, 0.1) is 10.7 Å². The lowest BCUT2D eigenvalue weighted by molar-refractivity contribution is 0.0595. The summed E-state index contributed by atoms with van der Waals surface area (Å²) in [6, 6.07) is 0. The predicted octanol–water partition coefficient (Wildman–Crippen LogP) is 3.04. The summed E-state index contributed by atoms with van der Waals surface area (Å²) in [7, 11) is 2.46. The maximum Gasteiger partial charge on any atom is 0.340 e. The lowest BCUT2D eigenvalue weighted by atomic mass is 10.1. The van der Waals surface area contributed by atoms with E-state index in [4.69, 9.17) is 9.47 Å². The van der Waals surface area contributed by atoms with Crippen molar-refractivity contribution in [1.29, 1.82) is 0 Å². The van der Waals surface area contributed by atoms with E-state index in [1.807, 2.05) is 67.8 Å². The van der Waals surface area contributed by atoms with E-state index in [0.29, 0.717) is 10.7 Å². The van der Waals surface area contributed by atoms with Gasteiger partial charge in [0.2, 0.25) is 6.08 Å². The number of nitrogens with zero attached hydrogens (tertiary/aromatic N) is 1. The molecule has 0 amide bonds. The zero-order valence-electron chi connectivity index (χ0n) is 10.1. The first kappa shape index (κ1) is 17.8. The largest absolute Gasteiger partial charge is 0.465 e. The van der Waals surface area contributed by atoms with Crippen molar-refractivity contribution in [3.05, 3.63) is 21.8 Å². The summed E-state index contributed by atoms with van der Waals surface area (Å²) >= 11 is 5.61. The number of benzene rings is 1. The molecule has 0 unspecified atom stereocenters. The van der Waals surface area contributed by atoms with E-state index >= 15 is 0 Å². The van der Waals surface area contributed by atoms with Crippen molar-refractivity contribution in [3.63, 3.8) is 0 Å². The number of carbonyl (C=O) groups is 2. The third-order valence-corrected chi connectivity index (χ3v) is 5.41. The van der Waals surface area contributed by atoms with Crippen molar-refractivity contribution >= 4 is 91.5 Å². The maximum absolute atomic E-state index is 11.9. The summed E-state index contributed by atoms with van der Waals surface area (Å²) in [5.41, 5.74) is 0.537. The van der Waals surface area contributed by atoms with Gasteiger partial charge in [-0.15, -0.1) is 0 Å². The molecule has 0 N–H and O–H groups in total. The molecule has 1 rings (SSSR count). The molecule has 1 aromatic carbocycles. The SMILES string of the molecule is COC(=O)c1c(I)c(N=C=O)c(I)c(C(=O)OC)c1I. The van der Waals surface area contributed by atoms with E-state index in [1.165, 1.54) is 20.3 Å². The highest BCUT2D eigenvalue weighted by Crippen LogP contribution is 2.37. The first-order valence-electron chi connectivity index (χ1n) is 4.85. The smallest absolute Gasteiger partial charge is 0.340 e. The molecule has 0 aliphatic heterocycles. The van der Waals surface area contributed by atoms with Gasteiger partial charge in [0.25, 0.3) is 0 Å². The topological polar surface area (TPSA) is 82.0 Å². The molecule has 0 bridgehead atoms. The van der Waals surface area contributed by atoms with E-state index in [1.54, 1.807) is 0 Å². The summed E-state index contributed by atoms with van der Waals surface area (Å²) in [5.74, 6) is -1.24. The average molecular weight is 613 g/mol. The van der Waals surface area contributed by atoms with Crippen LogP contribution < -0.4 is 0 Å². The van der Waals surface area contributed by atoms with E-state index in [9.17, 15) is 14.4 Å². The number of esters is 2. The Labute approximate surface area is 155 Å². The van der Waals surface area contributed by atoms with Gasteiger partial charge < -0.3 is 9.47 Å². The van der Waals surface area contributed by atoms with Gasteiger partial charge in [0.1, 0.15) is 5.69 Å². The molecular weight excluding hydrogens is 607 g/mol. The molecule has 6 nitrogen and oxygen atoms in total. The van der Waals surface area contributed by atoms with Gasteiger partial charge in [0, 0.05) is 3.57 Å². The van der Waals surface area contributed by atoms with E-state index in [-0.39, 0.29) is 16.8 Å². The Bertz CT molecular complexity index is 594. The lowest BCUT2D eigenvalue weighted by Crippen LogP contribution is -2.15. The molecule has 9 heteroatoms. The van der Waals surface area contributed by atoms with E-state index in [0.717, 1.165) is 0 Å². The zero-order chi connectivity index (χ0) is 15.4. The summed E-state index contributed by atoms with van der Waals surface area (Å²) in [6.07, 6.45) is 1.41. The van der Waals surface area contributed by atoms with Crippen molar-refractivity contribution in [2.45, 2.75) is 0 Å². The summed E-state index contributed by atoms with van der Waals surface area (Å²) in [6.45, 7) is 0. The van der Waals surface area contributed by atoms with Crippen molar-refractivity contribution in [2.75, 3.05) is 14.2 Å². The molecule has 0 radical (unpaired) electrons. The predicted molar refractivity (Wildman–Crippen MR) is 95.1 cm³/mol. The normalized spacial score (nSPS) is 9.65. The average Bonchev–Trinajstić information content (AvgIpc) is 2.42. The van der Waals surface area contributed by atoms with Crippen molar-refractivity contribution < 1.29 is 23.9 Å². The van der Waals surface area contributed by atoms with Crippen LogP contribution in [-0.2, 0) is 14.3 Å². The van der Waals surface area contributed by atoms with Crippen LogP contribution >= 0.6 is 67.8 Å². The lowest BCUT2D eigenvalue weighted by Gasteiger charge is -2.14. The third kappa shape index (κ3) is 3.31. The van der Waals surface area contributed by atoms with Crippen LogP contribution in [-0.4, -0.2) is 32.2 Å². The Morgan fingerprint density at radius 3 is 1.65 bits per heavy atom. The van der Waals surface area contributed by atoms with Gasteiger partial charge in [-0.2, -0.15) is 4.99 Å². The molecule has 0 heterocycles. The van der Waals surface area contributed by atoms with Crippen LogP contribution in [0.1, 0.15) is 20.7 Å². The molecule has 0 aliphatic rings. The number of halogens is 3. The zero-order valence-corrected chi connectivity index (χ0v) is 16.6. The summed E-state index contributed by atoms with van der Waals surface area (Å²) < 4.78 is 10.6. The minimum absolute atomic E-state index is 0.170. The number of hydrogen-bond donors (Lipinski definition) is 0. The second kappa shape index (κ2) is 7.66. The number of rotatable bonds is 3. The molecule has 1 aromatic rings. The van der Waals surface area contributed by atoms with Gasteiger partial charge in [-0.1, -0.05) is 0 Å². The Morgan fingerprint density at radius 2 is 1.35 bits per heavy atom. The molecule has 0 aromatic heterocycles. The monoisotopic (exact) mass is 613 g/mol. The molecule has 20 heavy (non-hydrogen) atoms. The molecule has 0 saturated carbocycles. The van der Waals surface area contributed by atoms with Gasteiger partial charge in [-0.05, 0) is 67.8 Å². The second-order valence-corrected chi connectivity index (χ2v) is 6.46. The minimum Gasteiger partial charge on any atom is -0.465 e. The van der Waals surface area contributed by atoms with Gasteiger partial charge in [-0.25, -0.2) is 14.4 Å². The van der Waals surface area contributed by atoms with Crippen LogP contribution in [0.15, 0.2) is 4.99 Å². The van der Waals surface area contributed by atoms with Gasteiger partial charge in [0.15, 0.2) is 0 Å². The van der Waals surface area contributed by atoms with Crippen LogP contribution in [0.4, 0.5) is 5.69 Å². The number of isocyanates is 1. The van der Waals surface area contributed by atoms with Crippen LogP contribution in [0.25, 0.3) is 0 Å². The highest BCUT2D eigenvalue weighted by Gasteiger charge is 2.28. The Kier molecular flexibility index (Phi) is 6.81. The van der Waals surface area contributed by atoms with Gasteiger partial charge >= 0.3 is 11.9 Å². The summed E-state index contributed by atoms with van der Waals surface area (Å²) in [5, 5.41) is 0. The Balaban J connectivity index is 3.87. The van der Waals surface area contributed by atoms with E-state index in [2.05, 4.69) is 4.99 Å². The second-order valence-electron chi connectivity index (χ2n) is 3.23. The van der Waals surface area contributed by atoms with Crippen LogP contribution in [0.5, 0.6) is 0 Å². The molecule has 0 atom stereocenters. The fourth-order valence-corrected chi connectivity index (χ4v) is 5.65. The van der Waals surface area contributed by atoms with Gasteiger partial charge in [-0.3, -0.25) is 0 Å². The first-order valence-corrected chi connectivity index (χ1v) is 8.09. The quantitative estimate of drug-likeness (QED) is 0.227. The maximum atomic E-state index is 11.9. The van der Waals surface area contributed by atoms with Crippen LogP contribution in [0.2, 0.25) is 0 Å². The number of ether oxygens (including phenoxy) is 2. The van der Waals surface area contributed by atoms with Gasteiger partial charge in [0.05, 0.1) is 32.5 Å². The molecule has 0 spiro atoms. The highest BCUT2D eigenvalue weighted by atomic mass is 127. The van der Waals surface area contributed by atoms with E-state index < -0.39 is 11.9 Å². The molecule has 0 aliphatic carbocycles. The number of carbonyl (C=O) groups excluding carboxylic acids is 3. The number of aliphatic imine (C=N–C) groups is 1. The van der Waals surface area contributed by atoms with Crippen LogP contribution in [0.3, 0.4) is 0 Å². The van der Waals surface area contributed by atoms with Crippen molar-refractivity contribution in [3.8, 4) is 0 Å². The van der Waals surface area contributed by atoms with Crippen molar-refractivity contribution in [1.82, 2.24) is 0 Å². The Hall–Kier alpha value is -0.270. The molecular formula is C11H6I3NO5. The standard InChI is InChI=1S/C11H6I3NO5/c1-19-10(17)4-6(12)5(11(18)20-2)8(14)9(7(4)13)15-3-16/h1-2H3. The highest BCUT2D eigenvalue weighted by molar-refractivity contribution is 14.1. The number of methoxy groups -OCH3 is 2. The van der Waals surface area contributed by atoms with Crippen molar-refractivity contribution in [2.24, 2.45) is 4.99 Å². The third-order valence-electron chi connectivity index (χ3n) is 2.23. The molecule has 106 valence electrons. The fourth-order valence-electron chi connectivity index (χ4n) is 1.36. The Morgan fingerprint density at radius 1 is 0.950 bits per heavy atom. The molecule has 0 saturated heterocycles. The first-order chi connectivity index (χ1) is 9.40. The molecule has 0 fully saturated rings. The summed E-state index contributed by atoms with van der Waals surface area (Å²) in [4.78, 5) is 37.8. The minimum atomic E-state index is -0.622. The fraction of sp³-hybridized carbons (Fsp3) is 0.182. The number of hydrogen-bond acceptors (Lipinski definition) is 6.